The SMILES string of the molecule is CCN(CC)C(=O)Cc1ccc(C(F)(F)F)cc1. The molecule has 0 aliphatic rings. The fraction of sp³-hybridized carbons (Fsp3) is 0.462. The van der Waals surface area contributed by atoms with Crippen molar-refractivity contribution in [3.8, 4) is 0 Å². The zero-order valence-corrected chi connectivity index (χ0v) is 10.4. The summed E-state index contributed by atoms with van der Waals surface area (Å²) in [4.78, 5) is 13.4. The Bertz CT molecular complexity index is 394. The number of nitrogens with zero attached hydrogens (tertiary/aromatic N) is 1. The van der Waals surface area contributed by atoms with E-state index in [0.717, 1.165) is 12.1 Å². The van der Waals surface area contributed by atoms with Crippen molar-refractivity contribution in [2.75, 3.05) is 13.1 Å². The predicted octanol–water partition coefficient (Wildman–Crippen LogP) is 3.12. The van der Waals surface area contributed by atoms with Crippen LogP contribution in [-0.2, 0) is 17.4 Å². The van der Waals surface area contributed by atoms with Crippen molar-refractivity contribution >= 4 is 5.91 Å². The Kier molecular flexibility index (Phi) is 4.76. The number of alkyl halides is 3. The molecule has 0 fully saturated rings. The molecule has 0 radical (unpaired) electrons. The molecule has 18 heavy (non-hydrogen) atoms. The lowest BCUT2D eigenvalue weighted by Crippen LogP contribution is -2.31. The van der Waals surface area contributed by atoms with Gasteiger partial charge >= 0.3 is 6.18 Å². The molecular weight excluding hydrogens is 243 g/mol. The van der Waals surface area contributed by atoms with Gasteiger partial charge in [-0.3, -0.25) is 4.79 Å². The number of carbonyl (C=O) groups excluding carboxylic acids is 1. The third-order valence-corrected chi connectivity index (χ3v) is 2.75. The van der Waals surface area contributed by atoms with Crippen LogP contribution >= 0.6 is 0 Å². The van der Waals surface area contributed by atoms with Gasteiger partial charge in [0.2, 0.25) is 5.91 Å². The molecule has 0 unspecified atom stereocenters. The number of hydrogen-bond acceptors (Lipinski definition) is 1. The molecule has 1 amide bonds. The van der Waals surface area contributed by atoms with Crippen LogP contribution in [0.1, 0.15) is 25.0 Å². The highest BCUT2D eigenvalue weighted by Crippen LogP contribution is 2.29. The van der Waals surface area contributed by atoms with E-state index < -0.39 is 11.7 Å². The second-order valence-electron chi connectivity index (χ2n) is 3.94. The molecule has 0 spiro atoms. The molecule has 0 saturated heterocycles. The Morgan fingerprint density at radius 3 is 2.00 bits per heavy atom. The maximum Gasteiger partial charge on any atom is 0.416 e. The molecule has 0 aliphatic heterocycles. The normalized spacial score (nSPS) is 11.4. The van der Waals surface area contributed by atoms with Crippen molar-refractivity contribution in [3.05, 3.63) is 35.4 Å². The summed E-state index contributed by atoms with van der Waals surface area (Å²) in [6, 6.07) is 4.71. The second-order valence-corrected chi connectivity index (χ2v) is 3.94. The highest BCUT2D eigenvalue weighted by molar-refractivity contribution is 5.78. The lowest BCUT2D eigenvalue weighted by Gasteiger charge is -2.18. The number of benzene rings is 1. The van der Waals surface area contributed by atoms with Gasteiger partial charge in [0.05, 0.1) is 12.0 Å². The van der Waals surface area contributed by atoms with Crippen LogP contribution in [-0.4, -0.2) is 23.9 Å². The van der Waals surface area contributed by atoms with Gasteiger partial charge in [-0.2, -0.15) is 13.2 Å². The first kappa shape index (κ1) is 14.5. The lowest BCUT2D eigenvalue weighted by atomic mass is 10.1. The monoisotopic (exact) mass is 259 g/mol. The van der Waals surface area contributed by atoms with Crippen LogP contribution < -0.4 is 0 Å². The summed E-state index contributed by atoms with van der Waals surface area (Å²) in [5.74, 6) is -0.0697. The van der Waals surface area contributed by atoms with Crippen LogP contribution in [0, 0.1) is 0 Å². The standard InChI is InChI=1S/C13H16F3NO/c1-3-17(4-2)12(18)9-10-5-7-11(8-6-10)13(14,15)16/h5-8H,3-4,9H2,1-2H3. The molecule has 100 valence electrons. The van der Waals surface area contributed by atoms with E-state index in [1.54, 1.807) is 4.90 Å². The van der Waals surface area contributed by atoms with Crippen LogP contribution in [0.5, 0.6) is 0 Å². The summed E-state index contributed by atoms with van der Waals surface area (Å²) in [5.41, 5.74) is -0.0959. The molecule has 0 heterocycles. The third-order valence-electron chi connectivity index (χ3n) is 2.75. The average molecular weight is 259 g/mol. The van der Waals surface area contributed by atoms with Crippen molar-refractivity contribution < 1.29 is 18.0 Å². The van der Waals surface area contributed by atoms with E-state index in [1.165, 1.54) is 12.1 Å². The van der Waals surface area contributed by atoms with E-state index in [0.29, 0.717) is 18.7 Å². The highest BCUT2D eigenvalue weighted by Gasteiger charge is 2.29. The van der Waals surface area contributed by atoms with E-state index in [4.69, 9.17) is 0 Å². The van der Waals surface area contributed by atoms with Gasteiger partial charge in [0.25, 0.3) is 0 Å². The number of carbonyl (C=O) groups is 1. The van der Waals surface area contributed by atoms with Crippen LogP contribution in [0.25, 0.3) is 0 Å². The van der Waals surface area contributed by atoms with Gasteiger partial charge in [-0.25, -0.2) is 0 Å². The maximum absolute atomic E-state index is 12.3. The summed E-state index contributed by atoms with van der Waals surface area (Å²) in [7, 11) is 0. The molecule has 0 N–H and O–H groups in total. The first-order chi connectivity index (χ1) is 8.38. The molecule has 0 saturated carbocycles. The van der Waals surface area contributed by atoms with Crippen molar-refractivity contribution in [1.29, 1.82) is 0 Å². The van der Waals surface area contributed by atoms with Crippen molar-refractivity contribution in [3.63, 3.8) is 0 Å². The fourth-order valence-electron chi connectivity index (χ4n) is 1.67. The summed E-state index contributed by atoms with van der Waals surface area (Å²) in [6.45, 7) is 4.95. The van der Waals surface area contributed by atoms with Gasteiger partial charge in [0.1, 0.15) is 0 Å². The van der Waals surface area contributed by atoms with Crippen LogP contribution in [0.2, 0.25) is 0 Å². The minimum absolute atomic E-state index is 0.0697. The predicted molar refractivity (Wildman–Crippen MR) is 63.1 cm³/mol. The maximum atomic E-state index is 12.3. The number of likely N-dealkylation sites (N-methyl/N-ethyl adjacent to an activating group) is 1. The first-order valence-corrected chi connectivity index (χ1v) is 5.82. The third kappa shape index (κ3) is 3.75. The quantitative estimate of drug-likeness (QED) is 0.813. The summed E-state index contributed by atoms with van der Waals surface area (Å²) < 4.78 is 37.0. The molecule has 5 heteroatoms. The smallest absolute Gasteiger partial charge is 0.343 e. The Morgan fingerprint density at radius 1 is 1.11 bits per heavy atom. The molecular formula is C13H16F3NO. The Hall–Kier alpha value is -1.52. The summed E-state index contributed by atoms with van der Waals surface area (Å²) >= 11 is 0. The molecule has 1 aromatic rings. The lowest BCUT2D eigenvalue weighted by molar-refractivity contribution is -0.137. The molecule has 0 aliphatic carbocycles. The largest absolute Gasteiger partial charge is 0.416 e. The number of halogens is 3. The zero-order valence-electron chi connectivity index (χ0n) is 10.4. The molecule has 0 bridgehead atoms. The highest BCUT2D eigenvalue weighted by atomic mass is 19.4. The summed E-state index contributed by atoms with van der Waals surface area (Å²) in [5, 5.41) is 0. The van der Waals surface area contributed by atoms with Gasteiger partial charge < -0.3 is 4.90 Å². The van der Waals surface area contributed by atoms with Crippen molar-refractivity contribution in [2.24, 2.45) is 0 Å². The van der Waals surface area contributed by atoms with E-state index in [2.05, 4.69) is 0 Å². The van der Waals surface area contributed by atoms with Crippen LogP contribution in [0.3, 0.4) is 0 Å². The summed E-state index contributed by atoms with van der Waals surface area (Å²) in [6.07, 6.45) is -4.19. The molecule has 1 rings (SSSR count). The van der Waals surface area contributed by atoms with Gasteiger partial charge in [0, 0.05) is 13.1 Å². The van der Waals surface area contributed by atoms with Gasteiger partial charge in [-0.05, 0) is 31.5 Å². The number of hydrogen-bond donors (Lipinski definition) is 0. The molecule has 0 aromatic heterocycles. The van der Waals surface area contributed by atoms with E-state index in [1.807, 2.05) is 13.8 Å². The Morgan fingerprint density at radius 2 is 1.61 bits per heavy atom. The molecule has 0 atom stereocenters. The van der Waals surface area contributed by atoms with Crippen LogP contribution in [0.4, 0.5) is 13.2 Å². The van der Waals surface area contributed by atoms with Crippen molar-refractivity contribution in [1.82, 2.24) is 4.90 Å². The topological polar surface area (TPSA) is 20.3 Å². The van der Waals surface area contributed by atoms with Gasteiger partial charge in [-0.15, -0.1) is 0 Å². The minimum atomic E-state index is -4.33. The molecule has 2 nitrogen and oxygen atoms in total. The number of rotatable bonds is 4. The van der Waals surface area contributed by atoms with Gasteiger partial charge in [0.15, 0.2) is 0 Å². The Balaban J connectivity index is 2.72. The zero-order chi connectivity index (χ0) is 13.8. The average Bonchev–Trinajstić information content (AvgIpc) is 2.30. The Labute approximate surface area is 104 Å². The first-order valence-electron chi connectivity index (χ1n) is 5.82. The van der Waals surface area contributed by atoms with E-state index >= 15 is 0 Å². The van der Waals surface area contributed by atoms with Crippen LogP contribution in [0.15, 0.2) is 24.3 Å². The minimum Gasteiger partial charge on any atom is -0.343 e. The van der Waals surface area contributed by atoms with E-state index in [-0.39, 0.29) is 12.3 Å². The van der Waals surface area contributed by atoms with Gasteiger partial charge in [-0.1, -0.05) is 12.1 Å². The van der Waals surface area contributed by atoms with Crippen molar-refractivity contribution in [2.45, 2.75) is 26.4 Å². The fourth-order valence-corrected chi connectivity index (χ4v) is 1.67. The number of amides is 1. The molecule has 1 aromatic carbocycles. The van der Waals surface area contributed by atoms with E-state index in [9.17, 15) is 18.0 Å². The second kappa shape index (κ2) is 5.89.